The van der Waals surface area contributed by atoms with Crippen LogP contribution in [0.4, 0.5) is 5.00 Å². The van der Waals surface area contributed by atoms with E-state index in [2.05, 4.69) is 5.32 Å². The van der Waals surface area contributed by atoms with E-state index >= 15 is 0 Å². The van der Waals surface area contributed by atoms with Gasteiger partial charge in [0.05, 0.1) is 26.6 Å². The molecule has 0 aliphatic carbocycles. The molecule has 1 aromatic heterocycles. The molecule has 5 nitrogen and oxygen atoms in total. The molecule has 0 spiro atoms. The molecule has 1 aromatic carbocycles. The molecular weight excluding hydrogens is 372 g/mol. The fourth-order valence-corrected chi connectivity index (χ4v) is 4.28. The molecule has 1 aliphatic heterocycles. The number of ether oxygens (including phenoxy) is 1. The van der Waals surface area contributed by atoms with Crippen LogP contribution in [0.2, 0.25) is 5.02 Å². The molecule has 26 heavy (non-hydrogen) atoms. The number of methoxy groups -OCH3 is 1. The number of likely N-dealkylation sites (tertiary alicyclic amines) is 1. The highest BCUT2D eigenvalue weighted by molar-refractivity contribution is 7.18. The molecule has 7 heteroatoms. The van der Waals surface area contributed by atoms with Gasteiger partial charge in [0.25, 0.3) is 11.8 Å². The number of carbonyl (C=O) groups is 2. The van der Waals surface area contributed by atoms with E-state index in [0.717, 1.165) is 18.4 Å². The Morgan fingerprint density at radius 3 is 2.62 bits per heavy atom. The molecule has 0 bridgehead atoms. The number of hydrogen-bond acceptors (Lipinski definition) is 4. The summed E-state index contributed by atoms with van der Waals surface area (Å²) in [6, 6.07) is 8.71. The first-order chi connectivity index (χ1) is 12.5. The Hall–Kier alpha value is -1.89. The minimum Gasteiger partial charge on any atom is -0.381 e. The smallest absolute Gasteiger partial charge is 0.264 e. The van der Waals surface area contributed by atoms with Gasteiger partial charge >= 0.3 is 0 Å². The maximum absolute atomic E-state index is 12.8. The number of aryl methyl sites for hydroxylation is 1. The number of piperidine rings is 1. The number of thiophene rings is 1. The van der Waals surface area contributed by atoms with Gasteiger partial charge in [-0.2, -0.15) is 0 Å². The molecule has 1 fully saturated rings. The van der Waals surface area contributed by atoms with Crippen molar-refractivity contribution in [2.75, 3.05) is 25.5 Å². The van der Waals surface area contributed by atoms with E-state index in [9.17, 15) is 9.59 Å². The van der Waals surface area contributed by atoms with Crippen LogP contribution in [0.1, 0.15) is 38.4 Å². The third kappa shape index (κ3) is 4.09. The van der Waals surface area contributed by atoms with Crippen LogP contribution in [0.5, 0.6) is 0 Å². The summed E-state index contributed by atoms with van der Waals surface area (Å²) in [4.78, 5) is 27.7. The van der Waals surface area contributed by atoms with Crippen molar-refractivity contribution in [2.45, 2.75) is 25.9 Å². The van der Waals surface area contributed by atoms with Crippen LogP contribution in [0.15, 0.2) is 30.3 Å². The second-order valence-electron chi connectivity index (χ2n) is 6.28. The average Bonchev–Trinajstić information content (AvgIpc) is 3.01. The van der Waals surface area contributed by atoms with Crippen molar-refractivity contribution >= 4 is 39.8 Å². The van der Waals surface area contributed by atoms with Crippen molar-refractivity contribution in [1.29, 1.82) is 0 Å². The summed E-state index contributed by atoms with van der Waals surface area (Å²) in [5.74, 6) is -0.267. The van der Waals surface area contributed by atoms with Crippen LogP contribution in [-0.2, 0) is 4.74 Å². The van der Waals surface area contributed by atoms with E-state index in [1.165, 1.54) is 11.3 Å². The first kappa shape index (κ1) is 18.9. The predicted molar refractivity (Wildman–Crippen MR) is 104 cm³/mol. The number of halogens is 1. The highest BCUT2D eigenvalue weighted by Gasteiger charge is 2.26. The van der Waals surface area contributed by atoms with Crippen molar-refractivity contribution in [2.24, 2.45) is 0 Å². The van der Waals surface area contributed by atoms with Gasteiger partial charge in [0.15, 0.2) is 0 Å². The number of hydrogen-bond donors (Lipinski definition) is 1. The van der Waals surface area contributed by atoms with E-state index in [4.69, 9.17) is 16.3 Å². The topological polar surface area (TPSA) is 58.6 Å². The van der Waals surface area contributed by atoms with Crippen molar-refractivity contribution in [1.82, 2.24) is 4.90 Å². The Bertz CT molecular complexity index is 813. The third-order valence-electron chi connectivity index (χ3n) is 4.53. The molecule has 2 heterocycles. The van der Waals surface area contributed by atoms with E-state index in [1.54, 1.807) is 31.4 Å². The molecule has 0 radical (unpaired) electrons. The summed E-state index contributed by atoms with van der Waals surface area (Å²) in [5.41, 5.74) is 1.28. The lowest BCUT2D eigenvalue weighted by molar-refractivity contribution is 0.0353. The average molecular weight is 393 g/mol. The van der Waals surface area contributed by atoms with Gasteiger partial charge in [0, 0.05) is 20.2 Å². The Morgan fingerprint density at radius 1 is 1.27 bits per heavy atom. The van der Waals surface area contributed by atoms with Gasteiger partial charge in [-0.15, -0.1) is 11.3 Å². The molecule has 0 unspecified atom stereocenters. The standard InChI is InChI=1S/C19H21ClN2O3S/c1-12-11-16(21-18(23)14-5-3-4-6-15(14)20)26-17(12)19(24)22-9-7-13(25-2)8-10-22/h3-6,11,13H,7-10H2,1-2H3,(H,21,23). The molecular formula is C19H21ClN2O3S. The van der Waals surface area contributed by atoms with Crippen LogP contribution >= 0.6 is 22.9 Å². The number of amides is 2. The van der Waals surface area contributed by atoms with E-state index < -0.39 is 0 Å². The number of rotatable bonds is 4. The molecule has 0 saturated carbocycles. The summed E-state index contributed by atoms with van der Waals surface area (Å²) in [6.07, 6.45) is 1.93. The van der Waals surface area contributed by atoms with Crippen LogP contribution < -0.4 is 5.32 Å². The minimum atomic E-state index is -0.281. The maximum atomic E-state index is 12.8. The first-order valence-electron chi connectivity index (χ1n) is 8.48. The SMILES string of the molecule is COC1CCN(C(=O)c2sc(NC(=O)c3ccccc3Cl)cc2C)CC1. The quantitative estimate of drug-likeness (QED) is 0.847. The zero-order valence-electron chi connectivity index (χ0n) is 14.8. The molecule has 3 rings (SSSR count). The number of anilines is 1. The molecule has 1 saturated heterocycles. The fourth-order valence-electron chi connectivity index (χ4n) is 3.02. The zero-order chi connectivity index (χ0) is 18.7. The maximum Gasteiger partial charge on any atom is 0.264 e. The number of carbonyl (C=O) groups excluding carboxylic acids is 2. The zero-order valence-corrected chi connectivity index (χ0v) is 16.3. The Labute approximate surface area is 161 Å². The highest BCUT2D eigenvalue weighted by atomic mass is 35.5. The molecule has 2 aromatic rings. The van der Waals surface area contributed by atoms with Crippen LogP contribution in [-0.4, -0.2) is 43.0 Å². The first-order valence-corrected chi connectivity index (χ1v) is 9.67. The minimum absolute atomic E-state index is 0.0142. The van der Waals surface area contributed by atoms with Crippen LogP contribution in [0.3, 0.4) is 0 Å². The van der Waals surface area contributed by atoms with Crippen LogP contribution in [0, 0.1) is 6.92 Å². The fraction of sp³-hybridized carbons (Fsp3) is 0.368. The van der Waals surface area contributed by atoms with Crippen molar-refractivity contribution in [3.63, 3.8) is 0 Å². The third-order valence-corrected chi connectivity index (χ3v) is 6.00. The van der Waals surface area contributed by atoms with Gasteiger partial charge in [-0.05, 0) is 43.5 Å². The van der Waals surface area contributed by atoms with Crippen LogP contribution in [0.25, 0.3) is 0 Å². The highest BCUT2D eigenvalue weighted by Crippen LogP contribution is 2.30. The summed E-state index contributed by atoms with van der Waals surface area (Å²) in [5, 5.41) is 3.88. The van der Waals surface area contributed by atoms with E-state index in [-0.39, 0.29) is 17.9 Å². The number of nitrogens with one attached hydrogen (secondary N) is 1. The van der Waals surface area contributed by atoms with E-state index in [0.29, 0.717) is 33.6 Å². The molecule has 1 aliphatic rings. The van der Waals surface area contributed by atoms with Crippen molar-refractivity contribution in [3.8, 4) is 0 Å². The number of benzene rings is 1. The van der Waals surface area contributed by atoms with Gasteiger partial charge in [0.1, 0.15) is 0 Å². The lowest BCUT2D eigenvalue weighted by Crippen LogP contribution is -2.40. The molecule has 2 amide bonds. The normalized spacial score (nSPS) is 15.1. The van der Waals surface area contributed by atoms with Crippen molar-refractivity contribution < 1.29 is 14.3 Å². The molecule has 138 valence electrons. The largest absolute Gasteiger partial charge is 0.381 e. The second-order valence-corrected chi connectivity index (χ2v) is 7.74. The predicted octanol–water partition coefficient (Wildman–Crippen LogP) is 4.21. The van der Waals surface area contributed by atoms with Crippen molar-refractivity contribution in [3.05, 3.63) is 51.4 Å². The van der Waals surface area contributed by atoms with Gasteiger partial charge in [0.2, 0.25) is 0 Å². The Balaban J connectivity index is 1.70. The Kier molecular flexibility index (Phi) is 5.96. The molecule has 0 atom stereocenters. The van der Waals surface area contributed by atoms with Gasteiger partial charge in [-0.3, -0.25) is 9.59 Å². The second kappa shape index (κ2) is 8.20. The monoisotopic (exact) mass is 392 g/mol. The summed E-state index contributed by atoms with van der Waals surface area (Å²) >= 11 is 7.37. The summed E-state index contributed by atoms with van der Waals surface area (Å²) < 4.78 is 5.35. The Morgan fingerprint density at radius 2 is 1.96 bits per heavy atom. The summed E-state index contributed by atoms with van der Waals surface area (Å²) in [7, 11) is 1.71. The number of nitrogens with zero attached hydrogens (tertiary/aromatic N) is 1. The lowest BCUT2D eigenvalue weighted by Gasteiger charge is -2.31. The molecule has 1 N–H and O–H groups in total. The van der Waals surface area contributed by atoms with E-state index in [1.807, 2.05) is 17.9 Å². The van der Waals surface area contributed by atoms with Gasteiger partial charge in [-0.25, -0.2) is 0 Å². The van der Waals surface area contributed by atoms with Gasteiger partial charge < -0.3 is 15.0 Å². The summed E-state index contributed by atoms with van der Waals surface area (Å²) in [6.45, 7) is 3.27. The van der Waals surface area contributed by atoms with Gasteiger partial charge in [-0.1, -0.05) is 23.7 Å². The lowest BCUT2D eigenvalue weighted by atomic mass is 10.1.